The zero-order valence-corrected chi connectivity index (χ0v) is 8.72. The topological polar surface area (TPSA) is 45.9 Å². The van der Waals surface area contributed by atoms with Gasteiger partial charge in [-0.15, -0.1) is 11.3 Å². The number of nitrogens with zero attached hydrogens (tertiary/aromatic N) is 2. The van der Waals surface area contributed by atoms with Crippen molar-refractivity contribution in [1.29, 1.82) is 5.26 Å². The number of aromatic nitrogens is 1. The Bertz CT molecular complexity index is 336. The van der Waals surface area contributed by atoms with Gasteiger partial charge in [0, 0.05) is 17.9 Å². The van der Waals surface area contributed by atoms with Crippen LogP contribution in [0.4, 0.5) is 0 Å². The molecular weight excluding hydrogens is 196 g/mol. The second kappa shape index (κ2) is 4.54. The smallest absolute Gasteiger partial charge is 0.0982 e. The van der Waals surface area contributed by atoms with Gasteiger partial charge in [0.05, 0.1) is 29.8 Å². The van der Waals surface area contributed by atoms with Gasteiger partial charge < -0.3 is 4.74 Å². The summed E-state index contributed by atoms with van der Waals surface area (Å²) in [6.07, 6.45) is 2.71. The molecule has 0 aromatic carbocycles. The number of rotatable bonds is 2. The van der Waals surface area contributed by atoms with Crippen LogP contribution >= 0.6 is 11.3 Å². The van der Waals surface area contributed by atoms with E-state index in [4.69, 9.17) is 10.00 Å². The molecule has 0 N–H and O–H groups in total. The summed E-state index contributed by atoms with van der Waals surface area (Å²) in [4.78, 5) is 4.44. The highest BCUT2D eigenvalue weighted by Gasteiger charge is 2.18. The summed E-state index contributed by atoms with van der Waals surface area (Å²) in [5.41, 5.74) is 0.901. The highest BCUT2D eigenvalue weighted by Crippen LogP contribution is 2.27. The number of nitriles is 1. The van der Waals surface area contributed by atoms with Crippen LogP contribution in [0.5, 0.6) is 0 Å². The minimum absolute atomic E-state index is 0.421. The minimum Gasteiger partial charge on any atom is -0.381 e. The maximum atomic E-state index is 8.53. The van der Waals surface area contributed by atoms with E-state index in [9.17, 15) is 0 Å². The molecule has 0 aliphatic carbocycles. The average Bonchev–Trinajstić information content (AvgIpc) is 2.68. The van der Waals surface area contributed by atoms with E-state index in [1.165, 1.54) is 6.42 Å². The van der Waals surface area contributed by atoms with Gasteiger partial charge in [0.2, 0.25) is 0 Å². The third kappa shape index (κ3) is 2.11. The molecule has 4 heteroatoms. The lowest BCUT2D eigenvalue weighted by atomic mass is 10.0. The van der Waals surface area contributed by atoms with E-state index in [-0.39, 0.29) is 0 Å². The first-order valence-electron chi connectivity index (χ1n) is 4.79. The van der Waals surface area contributed by atoms with Crippen molar-refractivity contribution < 1.29 is 4.74 Å². The van der Waals surface area contributed by atoms with E-state index >= 15 is 0 Å². The Labute approximate surface area is 87.3 Å². The molecule has 0 bridgehead atoms. The van der Waals surface area contributed by atoms with Crippen molar-refractivity contribution in [3.63, 3.8) is 0 Å². The van der Waals surface area contributed by atoms with Gasteiger partial charge in [-0.25, -0.2) is 4.98 Å². The van der Waals surface area contributed by atoms with E-state index in [0.29, 0.717) is 12.3 Å². The fourth-order valence-electron chi connectivity index (χ4n) is 1.61. The summed E-state index contributed by atoms with van der Waals surface area (Å²) < 4.78 is 5.41. The van der Waals surface area contributed by atoms with Gasteiger partial charge in [-0.1, -0.05) is 0 Å². The fraction of sp³-hybridized carbons (Fsp3) is 0.600. The first kappa shape index (κ1) is 9.63. The summed E-state index contributed by atoms with van der Waals surface area (Å²) in [5, 5.41) is 11.6. The molecule has 1 aliphatic rings. The standard InChI is InChI=1S/C10H12N2OS/c11-4-3-9-7-14-10(12-9)8-2-1-5-13-6-8/h7-8H,1-3,5-6H2. The molecule has 0 spiro atoms. The van der Waals surface area contributed by atoms with Gasteiger partial charge in [0.15, 0.2) is 0 Å². The summed E-state index contributed by atoms with van der Waals surface area (Å²) in [7, 11) is 0. The molecule has 1 fully saturated rings. The van der Waals surface area contributed by atoms with Crippen LogP contribution < -0.4 is 0 Å². The molecule has 0 radical (unpaired) electrons. The van der Waals surface area contributed by atoms with Crippen LogP contribution in [0.15, 0.2) is 5.38 Å². The molecule has 2 rings (SSSR count). The molecule has 1 aromatic rings. The van der Waals surface area contributed by atoms with Crippen LogP contribution in [0.2, 0.25) is 0 Å². The highest BCUT2D eigenvalue weighted by molar-refractivity contribution is 7.09. The predicted octanol–water partition coefficient (Wildman–Crippen LogP) is 2.10. The Kier molecular flexibility index (Phi) is 3.12. The van der Waals surface area contributed by atoms with Gasteiger partial charge in [-0.05, 0) is 12.8 Å². The summed E-state index contributed by atoms with van der Waals surface area (Å²) in [6.45, 7) is 1.67. The van der Waals surface area contributed by atoms with Crippen LogP contribution in [0.1, 0.15) is 29.5 Å². The lowest BCUT2D eigenvalue weighted by Crippen LogP contribution is -2.15. The van der Waals surface area contributed by atoms with Gasteiger partial charge in [-0.3, -0.25) is 0 Å². The molecule has 2 heterocycles. The zero-order valence-electron chi connectivity index (χ0n) is 7.90. The average molecular weight is 208 g/mol. The van der Waals surface area contributed by atoms with Crippen molar-refractivity contribution in [1.82, 2.24) is 4.98 Å². The lowest BCUT2D eigenvalue weighted by Gasteiger charge is -2.19. The molecule has 3 nitrogen and oxygen atoms in total. The van der Waals surface area contributed by atoms with Crippen molar-refractivity contribution in [3.05, 3.63) is 16.1 Å². The van der Waals surface area contributed by atoms with Crippen molar-refractivity contribution in [3.8, 4) is 6.07 Å². The predicted molar refractivity (Wildman–Crippen MR) is 54.2 cm³/mol. The normalized spacial score (nSPS) is 21.8. The summed E-state index contributed by atoms with van der Waals surface area (Å²) in [5.74, 6) is 0.459. The number of hydrogen-bond donors (Lipinski definition) is 0. The quantitative estimate of drug-likeness (QED) is 0.747. The Balaban J connectivity index is 2.04. The molecular formula is C10H12N2OS. The molecule has 1 saturated heterocycles. The van der Waals surface area contributed by atoms with Gasteiger partial charge in [-0.2, -0.15) is 5.26 Å². The Morgan fingerprint density at radius 3 is 3.36 bits per heavy atom. The van der Waals surface area contributed by atoms with Crippen molar-refractivity contribution in [2.24, 2.45) is 0 Å². The fourth-order valence-corrected chi connectivity index (χ4v) is 2.55. The van der Waals surface area contributed by atoms with E-state index < -0.39 is 0 Å². The summed E-state index contributed by atoms with van der Waals surface area (Å²) in [6, 6.07) is 2.11. The molecule has 0 saturated carbocycles. The van der Waals surface area contributed by atoms with Crippen molar-refractivity contribution in [2.45, 2.75) is 25.2 Å². The van der Waals surface area contributed by atoms with E-state index in [1.807, 2.05) is 5.38 Å². The van der Waals surface area contributed by atoms with Crippen molar-refractivity contribution >= 4 is 11.3 Å². The maximum Gasteiger partial charge on any atom is 0.0982 e. The maximum absolute atomic E-state index is 8.53. The van der Waals surface area contributed by atoms with Gasteiger partial charge in [0.1, 0.15) is 0 Å². The molecule has 1 aliphatic heterocycles. The Morgan fingerprint density at radius 1 is 1.71 bits per heavy atom. The summed E-state index contributed by atoms with van der Waals surface area (Å²) >= 11 is 1.65. The number of ether oxygens (including phenoxy) is 1. The number of hydrogen-bond acceptors (Lipinski definition) is 4. The largest absolute Gasteiger partial charge is 0.381 e. The minimum atomic E-state index is 0.421. The van der Waals surface area contributed by atoms with Crippen LogP contribution in [0.25, 0.3) is 0 Å². The molecule has 1 atom stereocenters. The molecule has 14 heavy (non-hydrogen) atoms. The van der Waals surface area contributed by atoms with E-state index in [0.717, 1.165) is 30.3 Å². The third-order valence-electron chi connectivity index (χ3n) is 2.34. The third-order valence-corrected chi connectivity index (χ3v) is 3.40. The van der Waals surface area contributed by atoms with Crippen molar-refractivity contribution in [2.75, 3.05) is 13.2 Å². The van der Waals surface area contributed by atoms with Gasteiger partial charge >= 0.3 is 0 Å². The second-order valence-corrected chi connectivity index (χ2v) is 4.32. The molecule has 1 unspecified atom stereocenters. The molecule has 0 amide bonds. The van der Waals surface area contributed by atoms with E-state index in [2.05, 4.69) is 11.1 Å². The van der Waals surface area contributed by atoms with Crippen LogP contribution in [-0.4, -0.2) is 18.2 Å². The highest BCUT2D eigenvalue weighted by atomic mass is 32.1. The molecule has 1 aromatic heterocycles. The first-order chi connectivity index (χ1) is 6.90. The number of thiazole rings is 1. The Hall–Kier alpha value is -0.920. The second-order valence-electron chi connectivity index (χ2n) is 3.43. The SMILES string of the molecule is N#CCc1csc(C2CCCOC2)n1. The van der Waals surface area contributed by atoms with Gasteiger partial charge in [0.25, 0.3) is 0 Å². The Morgan fingerprint density at radius 2 is 2.64 bits per heavy atom. The first-order valence-corrected chi connectivity index (χ1v) is 5.67. The van der Waals surface area contributed by atoms with Crippen LogP contribution in [0.3, 0.4) is 0 Å². The monoisotopic (exact) mass is 208 g/mol. The molecule has 74 valence electrons. The zero-order chi connectivity index (χ0) is 9.80. The van der Waals surface area contributed by atoms with E-state index in [1.54, 1.807) is 11.3 Å². The lowest BCUT2D eigenvalue weighted by molar-refractivity contribution is 0.0803. The van der Waals surface area contributed by atoms with Crippen LogP contribution in [0, 0.1) is 11.3 Å². The van der Waals surface area contributed by atoms with Crippen LogP contribution in [-0.2, 0) is 11.2 Å².